The number of aromatic nitrogens is 1. The van der Waals surface area contributed by atoms with Crippen molar-refractivity contribution in [2.24, 2.45) is 0 Å². The summed E-state index contributed by atoms with van der Waals surface area (Å²) in [6.45, 7) is 5.11. The Kier molecular flexibility index (Phi) is 6.53. The number of carbonyl (C=O) groups is 1. The molecule has 1 fully saturated rings. The van der Waals surface area contributed by atoms with Gasteiger partial charge in [0.15, 0.2) is 5.69 Å². The first-order valence-corrected chi connectivity index (χ1v) is 10.5. The highest BCUT2D eigenvalue weighted by molar-refractivity contribution is 6.30. The molecule has 6 nitrogen and oxygen atoms in total. The molecule has 1 amide bonds. The molecule has 3 aromatic rings. The van der Waals surface area contributed by atoms with Crippen molar-refractivity contribution in [3.8, 4) is 5.75 Å². The van der Waals surface area contributed by atoms with Gasteiger partial charge in [0.05, 0.1) is 5.56 Å². The van der Waals surface area contributed by atoms with Crippen molar-refractivity contribution in [1.29, 1.82) is 0 Å². The Bertz CT molecular complexity index is 1060. The van der Waals surface area contributed by atoms with Gasteiger partial charge in [0, 0.05) is 37.7 Å². The Morgan fingerprint density at radius 3 is 2.68 bits per heavy atom. The summed E-state index contributed by atoms with van der Waals surface area (Å²) < 4.78 is 24.5. The van der Waals surface area contributed by atoms with Crippen molar-refractivity contribution < 1.29 is 18.4 Å². The monoisotopic (exact) mass is 443 g/mol. The van der Waals surface area contributed by atoms with Gasteiger partial charge in [-0.05, 0) is 42.8 Å². The maximum Gasteiger partial charge on any atom is 0.276 e. The van der Waals surface area contributed by atoms with Crippen molar-refractivity contribution in [1.82, 2.24) is 15.0 Å². The highest BCUT2D eigenvalue weighted by atomic mass is 35.5. The van der Waals surface area contributed by atoms with Crippen LogP contribution in [0.3, 0.4) is 0 Å². The van der Waals surface area contributed by atoms with Crippen LogP contribution in [0.2, 0.25) is 5.02 Å². The zero-order chi connectivity index (χ0) is 21.8. The van der Waals surface area contributed by atoms with E-state index in [1.54, 1.807) is 48.2 Å². The fraction of sp³-hybridized carbons (Fsp3) is 0.304. The zero-order valence-electron chi connectivity index (χ0n) is 17.2. The highest BCUT2D eigenvalue weighted by Gasteiger charge is 2.28. The third kappa shape index (κ3) is 5.24. The molecule has 2 heterocycles. The molecule has 0 aliphatic carbocycles. The molecule has 8 heteroatoms. The van der Waals surface area contributed by atoms with Crippen LogP contribution >= 0.6 is 11.6 Å². The van der Waals surface area contributed by atoms with E-state index in [0.29, 0.717) is 54.8 Å². The molecule has 4 rings (SSSR count). The van der Waals surface area contributed by atoms with Crippen molar-refractivity contribution in [2.45, 2.75) is 20.1 Å². The van der Waals surface area contributed by atoms with Crippen molar-refractivity contribution >= 4 is 17.5 Å². The number of amides is 1. The lowest BCUT2D eigenvalue weighted by molar-refractivity contribution is 0.0616. The maximum absolute atomic E-state index is 13.4. The summed E-state index contributed by atoms with van der Waals surface area (Å²) in [7, 11) is 0. The Hall–Kier alpha value is -2.90. The average molecular weight is 444 g/mol. The van der Waals surface area contributed by atoms with Gasteiger partial charge in [0.1, 0.15) is 23.9 Å². The van der Waals surface area contributed by atoms with Gasteiger partial charge in [-0.3, -0.25) is 9.69 Å². The second kappa shape index (κ2) is 9.49. The van der Waals surface area contributed by atoms with E-state index in [9.17, 15) is 9.18 Å². The Balaban J connectivity index is 1.37. The lowest BCUT2D eigenvalue weighted by Crippen LogP contribution is -2.48. The van der Waals surface area contributed by atoms with Crippen LogP contribution in [0.15, 0.2) is 53.1 Å². The minimum atomic E-state index is -0.236. The quantitative estimate of drug-likeness (QED) is 0.568. The van der Waals surface area contributed by atoms with E-state index in [2.05, 4.69) is 10.1 Å². The number of nitrogens with zero attached hydrogens (tertiary/aromatic N) is 3. The number of halogens is 2. The SMILES string of the molecule is Cc1onc(C(=O)N2CCN(Cc3cccc(F)c3)CC2)c1COc1cccc(Cl)c1. The molecule has 0 spiro atoms. The fourth-order valence-corrected chi connectivity index (χ4v) is 3.77. The van der Waals surface area contributed by atoms with Gasteiger partial charge < -0.3 is 14.2 Å². The van der Waals surface area contributed by atoms with E-state index in [1.165, 1.54) is 6.07 Å². The van der Waals surface area contributed by atoms with Crippen LogP contribution in [-0.4, -0.2) is 47.0 Å². The summed E-state index contributed by atoms with van der Waals surface area (Å²) in [6, 6.07) is 13.7. The van der Waals surface area contributed by atoms with Gasteiger partial charge in [-0.2, -0.15) is 0 Å². The largest absolute Gasteiger partial charge is 0.489 e. The van der Waals surface area contributed by atoms with Gasteiger partial charge in [0.2, 0.25) is 0 Å². The summed E-state index contributed by atoms with van der Waals surface area (Å²) in [5.41, 5.74) is 1.83. The molecule has 1 aliphatic heterocycles. The molecule has 1 saturated heterocycles. The molecule has 0 radical (unpaired) electrons. The van der Waals surface area contributed by atoms with Crippen LogP contribution in [-0.2, 0) is 13.2 Å². The predicted octanol–water partition coefficient (Wildman–Crippen LogP) is 4.31. The summed E-state index contributed by atoms with van der Waals surface area (Å²) in [6.07, 6.45) is 0. The Labute approximate surface area is 185 Å². The molecule has 1 aliphatic rings. The summed E-state index contributed by atoms with van der Waals surface area (Å²) >= 11 is 6.00. The first kappa shape index (κ1) is 21.3. The molecule has 0 atom stereocenters. The van der Waals surface area contributed by atoms with Crippen LogP contribution < -0.4 is 4.74 Å². The van der Waals surface area contributed by atoms with Gasteiger partial charge in [-0.25, -0.2) is 4.39 Å². The fourth-order valence-electron chi connectivity index (χ4n) is 3.59. The summed E-state index contributed by atoms with van der Waals surface area (Å²) in [5, 5.41) is 4.57. The summed E-state index contributed by atoms with van der Waals surface area (Å²) in [4.78, 5) is 17.0. The van der Waals surface area contributed by atoms with Crippen LogP contribution in [0.5, 0.6) is 5.75 Å². The van der Waals surface area contributed by atoms with Crippen molar-refractivity contribution in [2.75, 3.05) is 26.2 Å². The lowest BCUT2D eigenvalue weighted by Gasteiger charge is -2.34. The predicted molar refractivity (Wildman–Crippen MR) is 115 cm³/mol. The third-order valence-corrected chi connectivity index (χ3v) is 5.56. The molecule has 1 aromatic heterocycles. The molecule has 0 bridgehead atoms. The topological polar surface area (TPSA) is 58.8 Å². The van der Waals surface area contributed by atoms with Gasteiger partial charge >= 0.3 is 0 Å². The normalized spacial score (nSPS) is 14.6. The average Bonchev–Trinajstić information content (AvgIpc) is 3.13. The lowest BCUT2D eigenvalue weighted by atomic mass is 10.1. The number of hydrogen-bond acceptors (Lipinski definition) is 5. The molecule has 31 heavy (non-hydrogen) atoms. The number of piperazine rings is 1. The number of benzene rings is 2. The molecule has 0 saturated carbocycles. The first-order chi connectivity index (χ1) is 15.0. The van der Waals surface area contributed by atoms with Crippen LogP contribution in [0.1, 0.15) is 27.4 Å². The van der Waals surface area contributed by atoms with Gasteiger partial charge in [-0.1, -0.05) is 35.0 Å². The van der Waals surface area contributed by atoms with E-state index in [-0.39, 0.29) is 24.0 Å². The number of carbonyl (C=O) groups excluding carboxylic acids is 1. The molecule has 0 unspecified atom stereocenters. The molecule has 162 valence electrons. The van der Waals surface area contributed by atoms with E-state index in [4.69, 9.17) is 20.9 Å². The Morgan fingerprint density at radius 2 is 1.94 bits per heavy atom. The van der Waals surface area contributed by atoms with E-state index < -0.39 is 0 Å². The third-order valence-electron chi connectivity index (χ3n) is 5.32. The minimum absolute atomic E-state index is 0.163. The standard InChI is InChI=1S/C23H23ClFN3O3/c1-16-21(15-30-20-7-3-5-18(24)13-20)22(26-31-16)23(29)28-10-8-27(9-11-28)14-17-4-2-6-19(25)12-17/h2-7,12-13H,8-11,14-15H2,1H3. The maximum atomic E-state index is 13.4. The van der Waals surface area contributed by atoms with Crippen LogP contribution in [0.4, 0.5) is 4.39 Å². The van der Waals surface area contributed by atoms with E-state index in [0.717, 1.165) is 5.56 Å². The van der Waals surface area contributed by atoms with Gasteiger partial charge in [-0.15, -0.1) is 0 Å². The van der Waals surface area contributed by atoms with Crippen LogP contribution in [0.25, 0.3) is 0 Å². The number of ether oxygens (including phenoxy) is 1. The summed E-state index contributed by atoms with van der Waals surface area (Å²) in [5.74, 6) is 0.750. The van der Waals surface area contributed by atoms with Crippen molar-refractivity contribution in [3.63, 3.8) is 0 Å². The Morgan fingerprint density at radius 1 is 1.16 bits per heavy atom. The highest BCUT2D eigenvalue weighted by Crippen LogP contribution is 2.22. The van der Waals surface area contributed by atoms with Gasteiger partial charge in [0.25, 0.3) is 5.91 Å². The molecular formula is C23H23ClFN3O3. The van der Waals surface area contributed by atoms with E-state index >= 15 is 0 Å². The second-order valence-electron chi connectivity index (χ2n) is 7.51. The molecule has 0 N–H and O–H groups in total. The zero-order valence-corrected chi connectivity index (χ0v) is 17.9. The molecule has 2 aromatic carbocycles. The first-order valence-electron chi connectivity index (χ1n) is 10.1. The number of hydrogen-bond donors (Lipinski definition) is 0. The second-order valence-corrected chi connectivity index (χ2v) is 7.95. The van der Waals surface area contributed by atoms with Crippen LogP contribution in [0, 0.1) is 12.7 Å². The smallest absolute Gasteiger partial charge is 0.276 e. The van der Waals surface area contributed by atoms with Crippen molar-refractivity contribution in [3.05, 3.63) is 82.0 Å². The molecular weight excluding hydrogens is 421 g/mol. The number of aryl methyl sites for hydroxylation is 1. The number of rotatable bonds is 6. The minimum Gasteiger partial charge on any atom is -0.489 e. The van der Waals surface area contributed by atoms with E-state index in [1.807, 2.05) is 6.07 Å².